The molecule has 1 aliphatic rings. The lowest BCUT2D eigenvalue weighted by Crippen LogP contribution is -2.25. The Labute approximate surface area is 127 Å². The summed E-state index contributed by atoms with van der Waals surface area (Å²) in [6, 6.07) is 8.25. The molecule has 3 rings (SSSR count). The van der Waals surface area contributed by atoms with E-state index in [1.807, 2.05) is 6.07 Å². The highest BCUT2D eigenvalue weighted by Crippen LogP contribution is 2.25. The summed E-state index contributed by atoms with van der Waals surface area (Å²) >= 11 is 1.65. The molecule has 1 aromatic carbocycles. The monoisotopic (exact) mass is 304 g/mol. The summed E-state index contributed by atoms with van der Waals surface area (Å²) in [5, 5.41) is 3.95. The van der Waals surface area contributed by atoms with Crippen LogP contribution in [-0.4, -0.2) is 29.1 Å². The number of carbonyl (C=O) groups excluding carboxylic acids is 1. The van der Waals surface area contributed by atoms with Crippen LogP contribution in [-0.2, 0) is 15.3 Å². The second kappa shape index (κ2) is 6.41. The first-order chi connectivity index (χ1) is 10.2. The molecule has 0 saturated carbocycles. The highest BCUT2D eigenvalue weighted by molar-refractivity contribution is 7.98. The minimum Gasteiger partial charge on any atom is -0.380 e. The summed E-state index contributed by atoms with van der Waals surface area (Å²) in [5.41, 5.74) is 1.22. The van der Waals surface area contributed by atoms with Crippen LogP contribution in [0.2, 0.25) is 0 Å². The van der Waals surface area contributed by atoms with Crippen LogP contribution in [0, 0.1) is 6.92 Å². The molecule has 21 heavy (non-hydrogen) atoms. The third-order valence-corrected chi connectivity index (χ3v) is 4.30. The van der Waals surface area contributed by atoms with Crippen LogP contribution in [0.5, 0.6) is 0 Å². The predicted octanol–water partition coefficient (Wildman–Crippen LogP) is 2.74. The quantitative estimate of drug-likeness (QED) is 0.809. The van der Waals surface area contributed by atoms with Crippen molar-refractivity contribution in [3.8, 4) is 0 Å². The minimum absolute atomic E-state index is 0.114. The van der Waals surface area contributed by atoms with E-state index in [0.29, 0.717) is 37.1 Å². The van der Waals surface area contributed by atoms with Crippen molar-refractivity contribution in [3.05, 3.63) is 41.5 Å². The molecule has 110 valence electrons. The largest absolute Gasteiger partial charge is 0.380 e. The number of hydrogen-bond donors (Lipinski definition) is 0. The van der Waals surface area contributed by atoms with Gasteiger partial charge in [-0.1, -0.05) is 22.9 Å². The first-order valence-corrected chi connectivity index (χ1v) is 7.83. The van der Waals surface area contributed by atoms with Crippen LogP contribution in [0.3, 0.4) is 0 Å². The van der Waals surface area contributed by atoms with Gasteiger partial charge in [0.15, 0.2) is 5.82 Å². The summed E-state index contributed by atoms with van der Waals surface area (Å²) < 4.78 is 10.5. The van der Waals surface area contributed by atoms with Crippen molar-refractivity contribution < 1.29 is 14.1 Å². The van der Waals surface area contributed by atoms with Gasteiger partial charge in [0.2, 0.25) is 5.89 Å². The molecule has 2 heterocycles. The van der Waals surface area contributed by atoms with E-state index in [1.165, 1.54) is 10.5 Å². The number of ether oxygens (including phenoxy) is 1. The minimum atomic E-state index is -0.399. The zero-order valence-electron chi connectivity index (χ0n) is 11.7. The second-order valence-corrected chi connectivity index (χ2v) is 6.05. The summed E-state index contributed by atoms with van der Waals surface area (Å²) in [6.45, 7) is 2.89. The smallest absolute Gasteiger partial charge is 0.239 e. The Hall–Kier alpha value is -1.66. The highest BCUT2D eigenvalue weighted by atomic mass is 32.2. The number of Topliss-reactive ketones (excluding diaryl/α,β-unsaturated/α-hetero) is 1. The zero-order chi connectivity index (χ0) is 14.7. The Balaban J connectivity index is 1.63. The number of aryl methyl sites for hydroxylation is 1. The molecule has 1 atom stereocenters. The van der Waals surface area contributed by atoms with Crippen molar-refractivity contribution in [1.82, 2.24) is 10.1 Å². The Morgan fingerprint density at radius 1 is 1.43 bits per heavy atom. The topological polar surface area (TPSA) is 65.2 Å². The van der Waals surface area contributed by atoms with E-state index >= 15 is 0 Å². The molecule has 5 nitrogen and oxygen atoms in total. The molecule has 6 heteroatoms. The van der Waals surface area contributed by atoms with E-state index in [9.17, 15) is 4.79 Å². The Morgan fingerprint density at radius 2 is 2.33 bits per heavy atom. The van der Waals surface area contributed by atoms with Crippen molar-refractivity contribution >= 4 is 17.5 Å². The lowest BCUT2D eigenvalue weighted by molar-refractivity contribution is -0.127. The molecule has 0 amide bonds. The number of hydrogen-bond acceptors (Lipinski definition) is 6. The SMILES string of the molecule is Cc1cccc(SCc2noc(C3COCCC3=O)n2)c1. The van der Waals surface area contributed by atoms with Crippen LogP contribution < -0.4 is 0 Å². The molecule has 0 spiro atoms. The second-order valence-electron chi connectivity index (χ2n) is 5.00. The molecule has 0 N–H and O–H groups in total. The predicted molar refractivity (Wildman–Crippen MR) is 78.2 cm³/mol. The Morgan fingerprint density at radius 3 is 3.14 bits per heavy atom. The average Bonchev–Trinajstić information content (AvgIpc) is 2.94. The molecule has 1 aliphatic heterocycles. The number of thioether (sulfide) groups is 1. The van der Waals surface area contributed by atoms with Crippen LogP contribution in [0.25, 0.3) is 0 Å². The number of benzene rings is 1. The van der Waals surface area contributed by atoms with E-state index < -0.39 is 5.92 Å². The zero-order valence-corrected chi connectivity index (χ0v) is 12.6. The lowest BCUT2D eigenvalue weighted by atomic mass is 10.0. The molecule has 1 unspecified atom stereocenters. The van der Waals surface area contributed by atoms with Crippen LogP contribution in [0.1, 0.15) is 29.6 Å². The van der Waals surface area contributed by atoms with E-state index in [0.717, 1.165) is 0 Å². The standard InChI is InChI=1S/C15H16N2O3S/c1-10-3-2-4-11(7-10)21-9-14-16-15(20-17-14)12-8-19-6-5-13(12)18/h2-4,7,12H,5-6,8-9H2,1H3. The summed E-state index contributed by atoms with van der Waals surface area (Å²) in [5.74, 6) is 1.32. The number of carbonyl (C=O) groups is 1. The summed E-state index contributed by atoms with van der Waals surface area (Å²) in [6.07, 6.45) is 0.417. The first kappa shape index (κ1) is 14.3. The maximum Gasteiger partial charge on any atom is 0.239 e. The van der Waals surface area contributed by atoms with Gasteiger partial charge in [-0.2, -0.15) is 4.98 Å². The number of ketones is 1. The van der Waals surface area contributed by atoms with Gasteiger partial charge in [0.1, 0.15) is 11.7 Å². The van der Waals surface area contributed by atoms with Gasteiger partial charge in [-0.3, -0.25) is 4.79 Å². The molecule has 1 saturated heterocycles. The van der Waals surface area contributed by atoms with E-state index in [1.54, 1.807) is 11.8 Å². The van der Waals surface area contributed by atoms with E-state index in [-0.39, 0.29) is 5.78 Å². The molecule has 0 aliphatic carbocycles. The molecular weight excluding hydrogens is 288 g/mol. The van der Waals surface area contributed by atoms with Gasteiger partial charge in [0, 0.05) is 11.3 Å². The van der Waals surface area contributed by atoms with Crippen molar-refractivity contribution in [1.29, 1.82) is 0 Å². The third-order valence-electron chi connectivity index (χ3n) is 3.31. The fourth-order valence-electron chi connectivity index (χ4n) is 2.17. The Bertz CT molecular complexity index is 641. The maximum atomic E-state index is 11.8. The summed E-state index contributed by atoms with van der Waals surface area (Å²) in [4.78, 5) is 17.3. The van der Waals surface area contributed by atoms with Gasteiger partial charge in [-0.25, -0.2) is 0 Å². The molecule has 0 radical (unpaired) electrons. The number of rotatable bonds is 4. The highest BCUT2D eigenvalue weighted by Gasteiger charge is 2.29. The first-order valence-electron chi connectivity index (χ1n) is 6.85. The van der Waals surface area contributed by atoms with E-state index in [2.05, 4.69) is 35.3 Å². The number of aromatic nitrogens is 2. The fraction of sp³-hybridized carbons (Fsp3) is 0.400. The van der Waals surface area contributed by atoms with Gasteiger partial charge in [0.05, 0.1) is 19.0 Å². The van der Waals surface area contributed by atoms with Crippen molar-refractivity contribution in [2.24, 2.45) is 0 Å². The van der Waals surface area contributed by atoms with Gasteiger partial charge in [-0.15, -0.1) is 11.8 Å². The van der Waals surface area contributed by atoms with Crippen LogP contribution in [0.15, 0.2) is 33.7 Å². The van der Waals surface area contributed by atoms with E-state index in [4.69, 9.17) is 9.26 Å². The average molecular weight is 304 g/mol. The molecule has 1 aromatic heterocycles. The summed E-state index contributed by atoms with van der Waals surface area (Å²) in [7, 11) is 0. The van der Waals surface area contributed by atoms with Crippen LogP contribution in [0.4, 0.5) is 0 Å². The Kier molecular flexibility index (Phi) is 4.36. The number of nitrogens with zero attached hydrogens (tertiary/aromatic N) is 2. The van der Waals surface area contributed by atoms with Crippen molar-refractivity contribution in [3.63, 3.8) is 0 Å². The van der Waals surface area contributed by atoms with Crippen molar-refractivity contribution in [2.75, 3.05) is 13.2 Å². The normalized spacial score (nSPS) is 18.9. The van der Waals surface area contributed by atoms with Gasteiger partial charge in [0.25, 0.3) is 0 Å². The lowest BCUT2D eigenvalue weighted by Gasteiger charge is -2.16. The molecule has 2 aromatic rings. The molecule has 1 fully saturated rings. The van der Waals surface area contributed by atoms with Gasteiger partial charge < -0.3 is 9.26 Å². The third kappa shape index (κ3) is 3.51. The van der Waals surface area contributed by atoms with Crippen LogP contribution >= 0.6 is 11.8 Å². The molecule has 0 bridgehead atoms. The van der Waals surface area contributed by atoms with Gasteiger partial charge >= 0.3 is 0 Å². The molecular formula is C15H16N2O3S. The maximum absolute atomic E-state index is 11.8. The fourth-order valence-corrected chi connectivity index (χ4v) is 3.03. The van der Waals surface area contributed by atoms with Crippen molar-refractivity contribution in [2.45, 2.75) is 29.9 Å². The van der Waals surface area contributed by atoms with Gasteiger partial charge in [-0.05, 0) is 19.1 Å².